The van der Waals surface area contributed by atoms with Gasteiger partial charge in [-0.25, -0.2) is 0 Å². The SMILES string of the molecule is CCCCCCCCCCCCO[C@H](CO[Si](C)(C)C(C)(C)C)[C@H]1O[C@H](O)[C@H]2OC(C)(C)O[C@H]21. The Morgan fingerprint density at radius 2 is 1.41 bits per heavy atom. The number of hydrogen-bond acceptors (Lipinski definition) is 6. The molecule has 0 aromatic rings. The second-order valence-corrected chi connectivity index (χ2v) is 17.0. The summed E-state index contributed by atoms with van der Waals surface area (Å²) in [5.74, 6) is -0.736. The lowest BCUT2D eigenvalue weighted by molar-refractivity contribution is -0.235. The number of hydrogen-bond donors (Lipinski definition) is 1. The van der Waals surface area contributed by atoms with E-state index in [1.807, 2.05) is 13.8 Å². The maximum Gasteiger partial charge on any atom is 0.192 e. The standard InChI is InChI=1S/C27H54O6Si/c1-9-10-11-12-13-14-15-16-17-18-19-29-21(20-30-34(7,8)26(2,3)4)22-23-24(25(28)31-22)33-27(5,6)32-23/h21-25,28H,9-20H2,1-8H3/t21-,22-,23+,24+,25+/m1/s1. The first-order valence-corrected chi connectivity index (χ1v) is 16.7. The summed E-state index contributed by atoms with van der Waals surface area (Å²) in [6.07, 6.45) is 10.4. The van der Waals surface area contributed by atoms with Crippen LogP contribution in [-0.4, -0.2) is 63.1 Å². The van der Waals surface area contributed by atoms with Crippen molar-refractivity contribution in [1.82, 2.24) is 0 Å². The van der Waals surface area contributed by atoms with Crippen LogP contribution in [0, 0.1) is 0 Å². The van der Waals surface area contributed by atoms with Crippen LogP contribution in [0.5, 0.6) is 0 Å². The largest absolute Gasteiger partial charge is 0.414 e. The van der Waals surface area contributed by atoms with E-state index < -0.39 is 32.6 Å². The van der Waals surface area contributed by atoms with E-state index in [1.54, 1.807) is 0 Å². The van der Waals surface area contributed by atoms with Crippen LogP contribution in [-0.2, 0) is 23.4 Å². The maximum absolute atomic E-state index is 10.5. The average Bonchev–Trinajstić information content (AvgIpc) is 3.21. The Kier molecular flexibility index (Phi) is 12.0. The zero-order chi connectivity index (χ0) is 25.4. The Balaban J connectivity index is 1.83. The molecule has 0 saturated carbocycles. The van der Waals surface area contributed by atoms with Gasteiger partial charge in [-0.2, -0.15) is 0 Å². The van der Waals surface area contributed by atoms with Crippen LogP contribution < -0.4 is 0 Å². The van der Waals surface area contributed by atoms with Crippen molar-refractivity contribution in [2.45, 2.75) is 160 Å². The summed E-state index contributed by atoms with van der Waals surface area (Å²) >= 11 is 0. The summed E-state index contributed by atoms with van der Waals surface area (Å²) in [6, 6.07) is 0. The van der Waals surface area contributed by atoms with Crippen LogP contribution in [0.4, 0.5) is 0 Å². The summed E-state index contributed by atoms with van der Waals surface area (Å²) in [6.45, 7) is 18.3. The molecule has 0 bridgehead atoms. The zero-order valence-corrected chi connectivity index (χ0v) is 24.4. The van der Waals surface area contributed by atoms with E-state index in [1.165, 1.54) is 57.8 Å². The van der Waals surface area contributed by atoms with Crippen LogP contribution in [0.25, 0.3) is 0 Å². The fourth-order valence-electron chi connectivity index (χ4n) is 4.48. The minimum Gasteiger partial charge on any atom is -0.414 e. The van der Waals surface area contributed by atoms with Crippen molar-refractivity contribution in [2.75, 3.05) is 13.2 Å². The zero-order valence-electron chi connectivity index (χ0n) is 23.4. The molecular formula is C27H54O6Si. The van der Waals surface area contributed by atoms with Gasteiger partial charge in [-0.05, 0) is 38.4 Å². The van der Waals surface area contributed by atoms with Gasteiger partial charge in [0.1, 0.15) is 24.4 Å². The summed E-state index contributed by atoms with van der Waals surface area (Å²) in [4.78, 5) is 0. The molecule has 2 rings (SSSR count). The lowest BCUT2D eigenvalue weighted by atomic mass is 10.1. The molecule has 2 aliphatic heterocycles. The van der Waals surface area contributed by atoms with Crippen molar-refractivity contribution in [3.63, 3.8) is 0 Å². The molecule has 0 aromatic carbocycles. The Morgan fingerprint density at radius 3 is 1.97 bits per heavy atom. The summed E-state index contributed by atoms with van der Waals surface area (Å²) in [5.41, 5.74) is 0. The lowest BCUT2D eigenvalue weighted by Gasteiger charge is -2.38. The third kappa shape index (κ3) is 9.13. The van der Waals surface area contributed by atoms with Crippen molar-refractivity contribution < 1.29 is 28.5 Å². The first kappa shape index (κ1) is 30.2. The molecule has 2 fully saturated rings. The second-order valence-electron chi connectivity index (χ2n) is 12.2. The molecule has 34 heavy (non-hydrogen) atoms. The van der Waals surface area contributed by atoms with Gasteiger partial charge in [0.25, 0.3) is 0 Å². The van der Waals surface area contributed by atoms with Crippen molar-refractivity contribution in [2.24, 2.45) is 0 Å². The highest BCUT2D eigenvalue weighted by molar-refractivity contribution is 6.74. The topological polar surface area (TPSA) is 66.4 Å². The van der Waals surface area contributed by atoms with Gasteiger partial charge in [-0.15, -0.1) is 0 Å². The van der Waals surface area contributed by atoms with E-state index >= 15 is 0 Å². The van der Waals surface area contributed by atoms with Crippen molar-refractivity contribution in [3.8, 4) is 0 Å². The quantitative estimate of drug-likeness (QED) is 0.191. The third-order valence-electron chi connectivity index (χ3n) is 7.68. The highest BCUT2D eigenvalue weighted by Gasteiger charge is 2.57. The van der Waals surface area contributed by atoms with Gasteiger partial charge in [0, 0.05) is 6.61 Å². The van der Waals surface area contributed by atoms with Crippen LogP contribution in [0.3, 0.4) is 0 Å². The number of rotatable bonds is 16. The van der Waals surface area contributed by atoms with Gasteiger partial charge >= 0.3 is 0 Å². The Morgan fingerprint density at radius 1 is 0.882 bits per heavy atom. The molecule has 2 aliphatic rings. The number of ether oxygens (including phenoxy) is 4. The Hall–Kier alpha value is -0.0231. The predicted octanol–water partition coefficient (Wildman–Crippen LogP) is 6.55. The molecule has 0 aromatic heterocycles. The van der Waals surface area contributed by atoms with Gasteiger partial charge < -0.3 is 28.5 Å². The lowest BCUT2D eigenvalue weighted by Crippen LogP contribution is -2.48. The minimum atomic E-state index is -1.95. The van der Waals surface area contributed by atoms with Crippen molar-refractivity contribution in [3.05, 3.63) is 0 Å². The Bertz CT molecular complexity index is 576. The van der Waals surface area contributed by atoms with E-state index in [-0.39, 0.29) is 17.2 Å². The number of aliphatic hydroxyl groups is 1. The van der Waals surface area contributed by atoms with Gasteiger partial charge in [-0.3, -0.25) is 0 Å². The van der Waals surface area contributed by atoms with Crippen LogP contribution in [0.2, 0.25) is 18.1 Å². The van der Waals surface area contributed by atoms with Gasteiger partial charge in [-0.1, -0.05) is 85.5 Å². The summed E-state index contributed by atoms with van der Waals surface area (Å²) in [7, 11) is -1.95. The van der Waals surface area contributed by atoms with Crippen LogP contribution in [0.15, 0.2) is 0 Å². The van der Waals surface area contributed by atoms with Crippen LogP contribution >= 0.6 is 0 Å². The predicted molar refractivity (Wildman–Crippen MR) is 139 cm³/mol. The smallest absolute Gasteiger partial charge is 0.192 e. The molecule has 202 valence electrons. The third-order valence-corrected chi connectivity index (χ3v) is 12.2. The van der Waals surface area contributed by atoms with E-state index in [4.69, 9.17) is 23.4 Å². The van der Waals surface area contributed by atoms with E-state index in [2.05, 4.69) is 40.8 Å². The van der Waals surface area contributed by atoms with E-state index in [9.17, 15) is 5.11 Å². The molecule has 0 unspecified atom stereocenters. The molecule has 0 radical (unpaired) electrons. The molecule has 2 saturated heterocycles. The fourth-order valence-corrected chi connectivity index (χ4v) is 5.49. The van der Waals surface area contributed by atoms with Crippen molar-refractivity contribution in [1.29, 1.82) is 0 Å². The fraction of sp³-hybridized carbons (Fsp3) is 1.00. The van der Waals surface area contributed by atoms with Crippen LogP contribution in [0.1, 0.15) is 106 Å². The molecule has 7 heteroatoms. The molecule has 0 spiro atoms. The minimum absolute atomic E-state index is 0.113. The monoisotopic (exact) mass is 502 g/mol. The first-order valence-electron chi connectivity index (χ1n) is 13.8. The van der Waals surface area contributed by atoms with E-state index in [0.717, 1.165) is 6.42 Å². The van der Waals surface area contributed by atoms with E-state index in [0.29, 0.717) is 13.2 Å². The number of fused-ring (bicyclic) bond motifs is 1. The highest BCUT2D eigenvalue weighted by Crippen LogP contribution is 2.41. The van der Waals surface area contributed by atoms with Gasteiger partial charge in [0.2, 0.25) is 0 Å². The number of aliphatic hydroxyl groups excluding tert-OH is 1. The van der Waals surface area contributed by atoms with Crippen molar-refractivity contribution >= 4 is 8.32 Å². The second kappa shape index (κ2) is 13.5. The summed E-state index contributed by atoms with van der Waals surface area (Å²) in [5, 5.41) is 10.6. The number of unbranched alkanes of at least 4 members (excludes halogenated alkanes) is 9. The molecule has 0 amide bonds. The molecule has 1 N–H and O–H groups in total. The maximum atomic E-state index is 10.5. The average molecular weight is 503 g/mol. The molecular weight excluding hydrogens is 448 g/mol. The highest BCUT2D eigenvalue weighted by atomic mass is 28.4. The Labute approximate surface area is 210 Å². The molecule has 5 atom stereocenters. The normalized spacial score (nSPS) is 27.8. The van der Waals surface area contributed by atoms with Gasteiger partial charge in [0.05, 0.1) is 6.61 Å². The summed E-state index contributed by atoms with van der Waals surface area (Å²) < 4.78 is 30.8. The molecule has 2 heterocycles. The first-order chi connectivity index (χ1) is 15.9. The van der Waals surface area contributed by atoms with Gasteiger partial charge in [0.15, 0.2) is 20.4 Å². The molecule has 0 aliphatic carbocycles. The molecule has 6 nitrogen and oxygen atoms in total.